The first-order chi connectivity index (χ1) is 7.83. The van der Waals surface area contributed by atoms with E-state index in [1.165, 1.54) is 0 Å². The van der Waals surface area contributed by atoms with Crippen molar-refractivity contribution < 1.29 is 5.11 Å². The molecule has 1 N–H and O–H groups in total. The number of phenolic OH excluding ortho intramolecular Hbond substituents is 1. The molecule has 0 radical (unpaired) electrons. The van der Waals surface area contributed by atoms with Gasteiger partial charge in [-0.25, -0.2) is 4.98 Å². The monoisotopic (exact) mass is 210 g/mol. The number of benzene rings is 1. The van der Waals surface area contributed by atoms with E-state index < -0.39 is 0 Å². The number of rotatable bonds is 1. The van der Waals surface area contributed by atoms with E-state index in [9.17, 15) is 5.11 Å². The molecule has 0 amide bonds. The second-order valence-corrected chi connectivity index (χ2v) is 3.69. The van der Waals surface area contributed by atoms with Crippen molar-refractivity contribution in [2.75, 3.05) is 0 Å². The molecule has 3 rings (SSSR count). The van der Waals surface area contributed by atoms with Gasteiger partial charge in [0.1, 0.15) is 5.75 Å². The molecule has 0 aliphatic carbocycles. The lowest BCUT2D eigenvalue weighted by molar-refractivity contribution is 0.475. The molecule has 0 atom stereocenters. The average molecular weight is 210 g/mol. The topological polar surface area (TPSA) is 37.5 Å². The predicted molar refractivity (Wildman–Crippen MR) is 62.3 cm³/mol. The Bertz CT molecular complexity index is 643. The van der Waals surface area contributed by atoms with Crippen LogP contribution in [0, 0.1) is 0 Å². The Morgan fingerprint density at radius 1 is 1.06 bits per heavy atom. The third kappa shape index (κ3) is 1.42. The van der Waals surface area contributed by atoms with Crippen molar-refractivity contribution in [1.82, 2.24) is 9.38 Å². The highest BCUT2D eigenvalue weighted by Gasteiger charge is 2.00. The molecule has 1 aromatic carbocycles. The molecule has 78 valence electrons. The van der Waals surface area contributed by atoms with Crippen LogP contribution in [0.2, 0.25) is 0 Å². The highest BCUT2D eigenvalue weighted by atomic mass is 16.3. The van der Waals surface area contributed by atoms with Crippen LogP contribution in [-0.2, 0) is 0 Å². The molecule has 0 saturated heterocycles. The highest BCUT2D eigenvalue weighted by Crippen LogP contribution is 2.23. The summed E-state index contributed by atoms with van der Waals surface area (Å²) in [5, 5.41) is 9.43. The number of pyridine rings is 1. The Hall–Kier alpha value is -2.29. The van der Waals surface area contributed by atoms with Crippen molar-refractivity contribution in [3.63, 3.8) is 0 Å². The van der Waals surface area contributed by atoms with Crippen LogP contribution < -0.4 is 0 Å². The summed E-state index contributed by atoms with van der Waals surface area (Å²) in [5.41, 5.74) is 3.11. The summed E-state index contributed by atoms with van der Waals surface area (Å²) in [6.45, 7) is 0. The maximum absolute atomic E-state index is 9.43. The number of fused-ring (bicyclic) bond motifs is 1. The lowest BCUT2D eigenvalue weighted by Crippen LogP contribution is -1.84. The number of imidazole rings is 1. The fourth-order valence-corrected chi connectivity index (χ4v) is 1.78. The molecule has 16 heavy (non-hydrogen) atoms. The highest BCUT2D eigenvalue weighted by molar-refractivity contribution is 5.66. The minimum atomic E-state index is 0.281. The summed E-state index contributed by atoms with van der Waals surface area (Å²) in [6, 6.07) is 11.2. The number of hydrogen-bond donors (Lipinski definition) is 1. The molecule has 2 heterocycles. The lowest BCUT2D eigenvalue weighted by atomic mass is 10.1. The lowest BCUT2D eigenvalue weighted by Gasteiger charge is -2.03. The summed E-state index contributed by atoms with van der Waals surface area (Å²) >= 11 is 0. The molecule has 0 fully saturated rings. The Kier molecular flexibility index (Phi) is 1.90. The van der Waals surface area contributed by atoms with Crippen LogP contribution in [0.4, 0.5) is 0 Å². The summed E-state index contributed by atoms with van der Waals surface area (Å²) in [7, 11) is 0. The number of aromatic hydroxyl groups is 1. The van der Waals surface area contributed by atoms with Gasteiger partial charge in [-0.15, -0.1) is 0 Å². The molecule has 0 unspecified atom stereocenters. The van der Waals surface area contributed by atoms with Crippen LogP contribution in [-0.4, -0.2) is 14.5 Å². The normalized spacial score (nSPS) is 10.8. The first-order valence-corrected chi connectivity index (χ1v) is 5.04. The van der Waals surface area contributed by atoms with Gasteiger partial charge in [0, 0.05) is 6.20 Å². The molecular weight excluding hydrogens is 200 g/mol. The fourth-order valence-electron chi connectivity index (χ4n) is 1.78. The van der Waals surface area contributed by atoms with E-state index in [4.69, 9.17) is 0 Å². The van der Waals surface area contributed by atoms with Crippen LogP contribution in [0.5, 0.6) is 5.75 Å². The van der Waals surface area contributed by atoms with Gasteiger partial charge in [-0.1, -0.05) is 18.2 Å². The summed E-state index contributed by atoms with van der Waals surface area (Å²) in [4.78, 5) is 4.07. The van der Waals surface area contributed by atoms with E-state index in [1.807, 2.05) is 41.1 Å². The van der Waals surface area contributed by atoms with Crippen LogP contribution in [0.1, 0.15) is 0 Å². The molecule has 0 aliphatic heterocycles. The van der Waals surface area contributed by atoms with Gasteiger partial charge in [-0.05, 0) is 29.3 Å². The largest absolute Gasteiger partial charge is 0.508 e. The Morgan fingerprint density at radius 3 is 2.88 bits per heavy atom. The summed E-state index contributed by atoms with van der Waals surface area (Å²) in [5.74, 6) is 0.281. The molecule has 2 aromatic heterocycles. The van der Waals surface area contributed by atoms with Crippen molar-refractivity contribution in [2.45, 2.75) is 0 Å². The molecule has 0 spiro atoms. The van der Waals surface area contributed by atoms with E-state index in [1.54, 1.807) is 18.5 Å². The Labute approximate surface area is 92.6 Å². The zero-order valence-electron chi connectivity index (χ0n) is 8.54. The quantitative estimate of drug-likeness (QED) is 0.670. The number of aromatic nitrogens is 2. The SMILES string of the molecule is Oc1cccc(-c2ccc3cncn3c2)c1. The Morgan fingerprint density at radius 2 is 2.00 bits per heavy atom. The zero-order chi connectivity index (χ0) is 11.0. The summed E-state index contributed by atoms with van der Waals surface area (Å²) in [6.07, 6.45) is 5.57. The number of hydrogen-bond acceptors (Lipinski definition) is 2. The van der Waals surface area contributed by atoms with Gasteiger partial charge in [-0.3, -0.25) is 0 Å². The van der Waals surface area contributed by atoms with E-state index >= 15 is 0 Å². The van der Waals surface area contributed by atoms with E-state index in [0.717, 1.165) is 16.6 Å². The third-order valence-electron chi connectivity index (χ3n) is 2.59. The van der Waals surface area contributed by atoms with E-state index in [-0.39, 0.29) is 5.75 Å². The fraction of sp³-hybridized carbons (Fsp3) is 0. The predicted octanol–water partition coefficient (Wildman–Crippen LogP) is 2.71. The van der Waals surface area contributed by atoms with Crippen molar-refractivity contribution in [3.05, 3.63) is 55.1 Å². The zero-order valence-corrected chi connectivity index (χ0v) is 8.54. The maximum Gasteiger partial charge on any atom is 0.116 e. The maximum atomic E-state index is 9.43. The molecule has 0 aliphatic rings. The van der Waals surface area contributed by atoms with E-state index in [0.29, 0.717) is 0 Å². The first kappa shape index (κ1) is 8.97. The van der Waals surface area contributed by atoms with Gasteiger partial charge < -0.3 is 9.51 Å². The molecule has 0 saturated carbocycles. The van der Waals surface area contributed by atoms with Crippen LogP contribution in [0.15, 0.2) is 55.1 Å². The van der Waals surface area contributed by atoms with E-state index in [2.05, 4.69) is 4.98 Å². The van der Waals surface area contributed by atoms with Crippen LogP contribution in [0.3, 0.4) is 0 Å². The van der Waals surface area contributed by atoms with Gasteiger partial charge in [0.2, 0.25) is 0 Å². The van der Waals surface area contributed by atoms with Gasteiger partial charge in [0.05, 0.1) is 18.0 Å². The van der Waals surface area contributed by atoms with Crippen molar-refractivity contribution >= 4 is 5.52 Å². The first-order valence-electron chi connectivity index (χ1n) is 5.04. The van der Waals surface area contributed by atoms with Gasteiger partial charge in [0.25, 0.3) is 0 Å². The average Bonchev–Trinajstić information content (AvgIpc) is 2.75. The van der Waals surface area contributed by atoms with Gasteiger partial charge >= 0.3 is 0 Å². The van der Waals surface area contributed by atoms with Gasteiger partial charge in [0.15, 0.2) is 0 Å². The molecule has 0 bridgehead atoms. The van der Waals surface area contributed by atoms with Crippen LogP contribution >= 0.6 is 0 Å². The molecular formula is C13H10N2O. The third-order valence-corrected chi connectivity index (χ3v) is 2.59. The van der Waals surface area contributed by atoms with Crippen LogP contribution in [0.25, 0.3) is 16.6 Å². The Balaban J connectivity index is 2.18. The van der Waals surface area contributed by atoms with Crippen molar-refractivity contribution in [2.24, 2.45) is 0 Å². The van der Waals surface area contributed by atoms with Crippen molar-refractivity contribution in [3.8, 4) is 16.9 Å². The number of phenols is 1. The second-order valence-electron chi connectivity index (χ2n) is 3.69. The number of nitrogens with zero attached hydrogens (tertiary/aromatic N) is 2. The molecule has 3 aromatic rings. The smallest absolute Gasteiger partial charge is 0.116 e. The molecule has 3 nitrogen and oxygen atoms in total. The summed E-state index contributed by atoms with van der Waals surface area (Å²) < 4.78 is 1.96. The minimum absolute atomic E-state index is 0.281. The second kappa shape index (κ2) is 3.38. The standard InChI is InChI=1S/C13H10N2O/c16-13-3-1-2-10(6-13)11-4-5-12-7-14-9-15(12)8-11/h1-9,16H. The van der Waals surface area contributed by atoms with Gasteiger partial charge in [-0.2, -0.15) is 0 Å². The van der Waals surface area contributed by atoms with Crippen molar-refractivity contribution in [1.29, 1.82) is 0 Å². The molecule has 3 heteroatoms. The minimum Gasteiger partial charge on any atom is -0.508 e.